The van der Waals surface area contributed by atoms with Gasteiger partial charge in [0.1, 0.15) is 17.8 Å². The standard InChI is InChI=1S/C23H25N7.2C2H4O2/c24-22-20-21(29-30(23(20)28-15-27-22)19-10-12-25-13-11-19)17-6-8-18(9-7-17)26-14-16-4-2-1-3-5-16;2*1-2(3)4/h1-9,15,19,25-26H,10-14H2,(H2,24,27,28);2*1H3,(H,3,4). The van der Waals surface area contributed by atoms with Gasteiger partial charge in [-0.1, -0.05) is 42.5 Å². The van der Waals surface area contributed by atoms with E-state index >= 15 is 0 Å². The van der Waals surface area contributed by atoms with E-state index < -0.39 is 11.9 Å². The van der Waals surface area contributed by atoms with Crippen LogP contribution in [0.5, 0.6) is 0 Å². The van der Waals surface area contributed by atoms with Crippen LogP contribution in [-0.4, -0.2) is 55.0 Å². The number of hydrogen-bond donors (Lipinski definition) is 5. The largest absolute Gasteiger partial charge is 0.481 e. The van der Waals surface area contributed by atoms with Crippen LogP contribution in [-0.2, 0) is 16.1 Å². The number of rotatable bonds is 5. The van der Waals surface area contributed by atoms with E-state index in [1.807, 2.05) is 10.7 Å². The lowest BCUT2D eigenvalue weighted by atomic mass is 10.1. The second-order valence-electron chi connectivity index (χ2n) is 8.69. The predicted octanol–water partition coefficient (Wildman–Crippen LogP) is 3.79. The minimum Gasteiger partial charge on any atom is -0.481 e. The van der Waals surface area contributed by atoms with Gasteiger partial charge in [0.2, 0.25) is 0 Å². The van der Waals surface area contributed by atoms with E-state index in [1.165, 1.54) is 11.9 Å². The number of benzene rings is 2. The molecule has 0 saturated carbocycles. The van der Waals surface area contributed by atoms with Gasteiger partial charge in [-0.25, -0.2) is 14.6 Å². The summed E-state index contributed by atoms with van der Waals surface area (Å²) in [6.45, 7) is 4.93. The van der Waals surface area contributed by atoms with Gasteiger partial charge in [-0.2, -0.15) is 5.10 Å². The van der Waals surface area contributed by atoms with E-state index in [0.29, 0.717) is 11.9 Å². The van der Waals surface area contributed by atoms with Crippen LogP contribution in [0.1, 0.15) is 38.3 Å². The molecule has 11 nitrogen and oxygen atoms in total. The SMILES string of the molecule is CC(=O)O.CC(=O)O.Nc1ncnc2c1c(-c1ccc(NCc3ccccc3)cc1)nn2C1CCNCC1. The summed E-state index contributed by atoms with van der Waals surface area (Å²) in [7, 11) is 0. The summed E-state index contributed by atoms with van der Waals surface area (Å²) in [5, 5.41) is 27.5. The summed E-state index contributed by atoms with van der Waals surface area (Å²) < 4.78 is 2.05. The smallest absolute Gasteiger partial charge is 0.300 e. The third kappa shape index (κ3) is 8.00. The molecule has 0 aliphatic carbocycles. The first-order valence-corrected chi connectivity index (χ1v) is 12.2. The van der Waals surface area contributed by atoms with Crippen molar-refractivity contribution in [1.29, 1.82) is 0 Å². The predicted molar refractivity (Wildman–Crippen MR) is 147 cm³/mol. The highest BCUT2D eigenvalue weighted by molar-refractivity contribution is 5.98. The number of nitrogens with two attached hydrogens (primary N) is 1. The molecule has 38 heavy (non-hydrogen) atoms. The molecule has 1 saturated heterocycles. The fourth-order valence-electron chi connectivity index (χ4n) is 4.05. The Morgan fingerprint density at radius 3 is 2.21 bits per heavy atom. The lowest BCUT2D eigenvalue weighted by Gasteiger charge is -2.23. The molecular formula is C27H33N7O4. The number of nitrogen functional groups attached to an aromatic ring is 1. The molecule has 5 rings (SSSR count). The van der Waals surface area contributed by atoms with Crippen LogP contribution in [0.3, 0.4) is 0 Å². The van der Waals surface area contributed by atoms with Gasteiger partial charge < -0.3 is 26.6 Å². The van der Waals surface area contributed by atoms with Crippen LogP contribution < -0.4 is 16.4 Å². The summed E-state index contributed by atoms with van der Waals surface area (Å²) in [5.74, 6) is -1.19. The second-order valence-corrected chi connectivity index (χ2v) is 8.69. The number of carbonyl (C=O) groups is 2. The molecule has 0 radical (unpaired) electrons. The van der Waals surface area contributed by atoms with Crippen LogP contribution in [0.4, 0.5) is 11.5 Å². The normalized spacial score (nSPS) is 13.0. The Hall–Kier alpha value is -4.51. The van der Waals surface area contributed by atoms with Gasteiger partial charge in [0.25, 0.3) is 11.9 Å². The third-order valence-corrected chi connectivity index (χ3v) is 5.67. The second kappa shape index (κ2) is 13.7. The van der Waals surface area contributed by atoms with Crippen LogP contribution >= 0.6 is 0 Å². The fraction of sp³-hybridized carbons (Fsp3) is 0.296. The Labute approximate surface area is 220 Å². The van der Waals surface area contributed by atoms with Gasteiger partial charge in [0.05, 0.1) is 11.4 Å². The van der Waals surface area contributed by atoms with E-state index in [4.69, 9.17) is 30.6 Å². The van der Waals surface area contributed by atoms with Gasteiger partial charge in [0, 0.05) is 31.6 Å². The van der Waals surface area contributed by atoms with E-state index in [1.54, 1.807) is 0 Å². The first-order chi connectivity index (χ1) is 18.3. The van der Waals surface area contributed by atoms with Gasteiger partial charge in [0.15, 0.2) is 5.65 Å². The molecule has 4 aromatic rings. The van der Waals surface area contributed by atoms with Crippen molar-refractivity contribution >= 4 is 34.5 Å². The first kappa shape index (κ1) is 28.1. The Morgan fingerprint density at radius 1 is 1.00 bits per heavy atom. The monoisotopic (exact) mass is 519 g/mol. The number of aliphatic carboxylic acids is 2. The molecule has 0 spiro atoms. The number of aromatic nitrogens is 4. The molecule has 11 heteroatoms. The highest BCUT2D eigenvalue weighted by Gasteiger charge is 2.23. The minimum absolute atomic E-state index is 0.323. The molecule has 1 aliphatic heterocycles. The molecule has 0 amide bonds. The van der Waals surface area contributed by atoms with Crippen LogP contribution in [0.15, 0.2) is 60.9 Å². The number of nitrogens with zero attached hydrogens (tertiary/aromatic N) is 4. The molecular weight excluding hydrogens is 486 g/mol. The molecule has 0 unspecified atom stereocenters. The minimum atomic E-state index is -0.833. The van der Waals surface area contributed by atoms with E-state index in [0.717, 1.165) is 74.3 Å². The average Bonchev–Trinajstić information content (AvgIpc) is 3.29. The summed E-state index contributed by atoms with van der Waals surface area (Å²) in [6, 6.07) is 19.0. The van der Waals surface area contributed by atoms with Crippen molar-refractivity contribution in [1.82, 2.24) is 25.1 Å². The van der Waals surface area contributed by atoms with E-state index in [9.17, 15) is 0 Å². The van der Waals surface area contributed by atoms with Crippen LogP contribution in [0, 0.1) is 0 Å². The molecule has 2 aromatic carbocycles. The molecule has 200 valence electrons. The van der Waals surface area contributed by atoms with Gasteiger partial charge in [-0.15, -0.1) is 0 Å². The molecule has 3 heterocycles. The van der Waals surface area contributed by atoms with Crippen molar-refractivity contribution in [2.45, 2.75) is 39.3 Å². The number of piperidine rings is 1. The lowest BCUT2D eigenvalue weighted by molar-refractivity contribution is -0.135. The summed E-state index contributed by atoms with van der Waals surface area (Å²) in [5.41, 5.74) is 11.2. The van der Waals surface area contributed by atoms with Crippen molar-refractivity contribution in [3.63, 3.8) is 0 Å². The maximum absolute atomic E-state index is 9.00. The zero-order valence-electron chi connectivity index (χ0n) is 21.5. The number of anilines is 2. The van der Waals surface area contributed by atoms with Crippen molar-refractivity contribution < 1.29 is 19.8 Å². The Bertz CT molecular complexity index is 1320. The summed E-state index contributed by atoms with van der Waals surface area (Å²) >= 11 is 0. The van der Waals surface area contributed by atoms with Crippen LogP contribution in [0.25, 0.3) is 22.3 Å². The maximum atomic E-state index is 9.00. The van der Waals surface area contributed by atoms with Gasteiger partial charge in [-0.05, 0) is 43.6 Å². The molecule has 6 N–H and O–H groups in total. The quantitative estimate of drug-likeness (QED) is 0.261. The summed E-state index contributed by atoms with van der Waals surface area (Å²) in [6.07, 6.45) is 3.59. The third-order valence-electron chi connectivity index (χ3n) is 5.67. The highest BCUT2D eigenvalue weighted by Crippen LogP contribution is 2.33. The zero-order chi connectivity index (χ0) is 27.5. The van der Waals surface area contributed by atoms with Crippen molar-refractivity contribution in [2.75, 3.05) is 24.1 Å². The fourth-order valence-corrected chi connectivity index (χ4v) is 4.05. The highest BCUT2D eigenvalue weighted by atomic mass is 16.4. The van der Waals surface area contributed by atoms with Gasteiger partial charge >= 0.3 is 0 Å². The number of nitrogens with one attached hydrogen (secondary N) is 2. The zero-order valence-corrected chi connectivity index (χ0v) is 21.5. The molecule has 0 bridgehead atoms. The number of hydrogen-bond acceptors (Lipinski definition) is 8. The number of carboxylic acid groups (broad SMARTS) is 2. The Balaban J connectivity index is 0.000000443. The molecule has 1 fully saturated rings. The van der Waals surface area contributed by atoms with Crippen molar-refractivity contribution in [3.8, 4) is 11.3 Å². The first-order valence-electron chi connectivity index (χ1n) is 12.2. The molecule has 2 aromatic heterocycles. The molecule has 1 aliphatic rings. The van der Waals surface area contributed by atoms with Crippen molar-refractivity contribution in [2.24, 2.45) is 0 Å². The molecule has 0 atom stereocenters. The number of carboxylic acids is 2. The van der Waals surface area contributed by atoms with Crippen molar-refractivity contribution in [3.05, 3.63) is 66.5 Å². The van der Waals surface area contributed by atoms with Gasteiger partial charge in [-0.3, -0.25) is 9.59 Å². The maximum Gasteiger partial charge on any atom is 0.300 e. The average molecular weight is 520 g/mol. The van der Waals surface area contributed by atoms with Crippen LogP contribution in [0.2, 0.25) is 0 Å². The summed E-state index contributed by atoms with van der Waals surface area (Å²) in [4.78, 5) is 26.7. The number of fused-ring (bicyclic) bond motifs is 1. The van der Waals surface area contributed by atoms with E-state index in [2.05, 4.69) is 69.1 Å². The van der Waals surface area contributed by atoms with E-state index in [-0.39, 0.29) is 0 Å². The Kier molecular flexibility index (Phi) is 10.1. The lowest BCUT2D eigenvalue weighted by Crippen LogP contribution is -2.30. The topological polar surface area (TPSA) is 168 Å². The Morgan fingerprint density at radius 2 is 1.61 bits per heavy atom.